The van der Waals surface area contributed by atoms with E-state index in [-0.39, 0.29) is 11.8 Å². The van der Waals surface area contributed by atoms with Crippen LogP contribution < -0.4 is 4.74 Å². The highest BCUT2D eigenvalue weighted by Crippen LogP contribution is 2.18. The molecular formula is C16H23NO3. The number of β-amino-alcohol motifs (C(OH)–C–C–N with tert-alkyl or cyclic N) is 1. The molecule has 0 aromatic heterocycles. The van der Waals surface area contributed by atoms with Crippen molar-refractivity contribution in [1.82, 2.24) is 4.90 Å². The van der Waals surface area contributed by atoms with Crippen LogP contribution in [0.5, 0.6) is 5.75 Å². The Bertz CT molecular complexity index is 444. The molecule has 0 aliphatic carbocycles. The predicted molar refractivity (Wildman–Crippen MR) is 77.7 cm³/mol. The second-order valence-corrected chi connectivity index (χ2v) is 5.58. The van der Waals surface area contributed by atoms with Crippen LogP contribution in [0.2, 0.25) is 0 Å². The van der Waals surface area contributed by atoms with Gasteiger partial charge in [0.25, 0.3) is 0 Å². The second kappa shape index (κ2) is 6.75. The molecule has 20 heavy (non-hydrogen) atoms. The van der Waals surface area contributed by atoms with Crippen molar-refractivity contribution in [2.24, 2.45) is 5.92 Å². The summed E-state index contributed by atoms with van der Waals surface area (Å²) in [6.07, 6.45) is 0.825. The Labute approximate surface area is 120 Å². The fourth-order valence-electron chi connectivity index (χ4n) is 2.32. The van der Waals surface area contributed by atoms with Gasteiger partial charge in [-0.1, -0.05) is 24.6 Å². The minimum Gasteiger partial charge on any atom is -0.493 e. The molecule has 4 heteroatoms. The van der Waals surface area contributed by atoms with E-state index in [1.165, 1.54) is 5.56 Å². The predicted octanol–water partition coefficient (Wildman–Crippen LogP) is 1.99. The molecule has 1 aromatic carbocycles. The molecular weight excluding hydrogens is 254 g/mol. The summed E-state index contributed by atoms with van der Waals surface area (Å²) in [6.45, 7) is 5.61. The molecule has 1 aromatic rings. The van der Waals surface area contributed by atoms with Crippen LogP contribution in [0.15, 0.2) is 24.3 Å². The number of amides is 1. The van der Waals surface area contributed by atoms with Crippen molar-refractivity contribution in [3.63, 3.8) is 0 Å². The standard InChI is InChI=1S/C16H23NO3/c1-12-3-5-14(6-4-12)20-10-8-16(19)17-9-7-13(2)15(18)11-17/h3-6,13,15,18H,7-11H2,1-2H3. The van der Waals surface area contributed by atoms with Crippen LogP contribution in [0.25, 0.3) is 0 Å². The quantitative estimate of drug-likeness (QED) is 0.915. The summed E-state index contributed by atoms with van der Waals surface area (Å²) >= 11 is 0. The molecule has 1 aliphatic heterocycles. The van der Waals surface area contributed by atoms with Crippen LogP contribution in [-0.2, 0) is 4.79 Å². The maximum Gasteiger partial charge on any atom is 0.226 e. The van der Waals surface area contributed by atoms with Crippen molar-refractivity contribution in [1.29, 1.82) is 0 Å². The average molecular weight is 277 g/mol. The molecule has 1 heterocycles. The Kier molecular flexibility index (Phi) is 5.01. The topological polar surface area (TPSA) is 49.8 Å². The lowest BCUT2D eigenvalue weighted by molar-refractivity contribution is -0.135. The van der Waals surface area contributed by atoms with Gasteiger partial charge in [-0.2, -0.15) is 0 Å². The maximum absolute atomic E-state index is 12.0. The van der Waals surface area contributed by atoms with Gasteiger partial charge in [-0.3, -0.25) is 4.79 Å². The third-order valence-electron chi connectivity index (χ3n) is 3.88. The lowest BCUT2D eigenvalue weighted by Crippen LogP contribution is -2.46. The smallest absolute Gasteiger partial charge is 0.226 e. The van der Waals surface area contributed by atoms with Crippen molar-refractivity contribution >= 4 is 5.91 Å². The zero-order chi connectivity index (χ0) is 14.5. The van der Waals surface area contributed by atoms with Crippen LogP contribution in [-0.4, -0.2) is 41.7 Å². The number of hydrogen-bond acceptors (Lipinski definition) is 3. The number of carbonyl (C=O) groups excluding carboxylic acids is 1. The van der Waals surface area contributed by atoms with Gasteiger partial charge in [-0.05, 0) is 31.4 Å². The van der Waals surface area contributed by atoms with Gasteiger partial charge in [0, 0.05) is 13.1 Å². The van der Waals surface area contributed by atoms with Gasteiger partial charge >= 0.3 is 0 Å². The van der Waals surface area contributed by atoms with Crippen molar-refractivity contribution < 1.29 is 14.6 Å². The van der Waals surface area contributed by atoms with Gasteiger partial charge in [0.15, 0.2) is 0 Å². The molecule has 110 valence electrons. The molecule has 1 N–H and O–H groups in total. The average Bonchev–Trinajstić information content (AvgIpc) is 2.44. The highest BCUT2D eigenvalue weighted by molar-refractivity contribution is 5.76. The fraction of sp³-hybridized carbons (Fsp3) is 0.562. The minimum atomic E-state index is -0.397. The summed E-state index contributed by atoms with van der Waals surface area (Å²) in [5, 5.41) is 9.80. The third kappa shape index (κ3) is 3.97. The molecule has 2 rings (SSSR count). The summed E-state index contributed by atoms with van der Waals surface area (Å²) in [7, 11) is 0. The van der Waals surface area contributed by atoms with Crippen molar-refractivity contribution in [2.45, 2.75) is 32.8 Å². The van der Waals surface area contributed by atoms with Crippen molar-refractivity contribution in [3.05, 3.63) is 29.8 Å². The third-order valence-corrected chi connectivity index (χ3v) is 3.88. The first kappa shape index (κ1) is 14.9. The number of ether oxygens (including phenoxy) is 1. The van der Waals surface area contributed by atoms with Crippen LogP contribution in [0.4, 0.5) is 0 Å². The Morgan fingerprint density at radius 1 is 1.40 bits per heavy atom. The van der Waals surface area contributed by atoms with Gasteiger partial charge < -0.3 is 14.7 Å². The Balaban J connectivity index is 1.74. The van der Waals surface area contributed by atoms with E-state index in [1.54, 1.807) is 4.90 Å². The Morgan fingerprint density at radius 3 is 2.75 bits per heavy atom. The largest absolute Gasteiger partial charge is 0.493 e. The van der Waals surface area contributed by atoms with E-state index >= 15 is 0 Å². The molecule has 0 saturated carbocycles. The molecule has 1 saturated heterocycles. The lowest BCUT2D eigenvalue weighted by Gasteiger charge is -2.34. The lowest BCUT2D eigenvalue weighted by atomic mass is 9.96. The van der Waals surface area contributed by atoms with E-state index in [4.69, 9.17) is 4.74 Å². The summed E-state index contributed by atoms with van der Waals surface area (Å²) in [6, 6.07) is 7.79. The van der Waals surface area contributed by atoms with E-state index in [0.29, 0.717) is 19.6 Å². The number of rotatable bonds is 4. The SMILES string of the molecule is Cc1ccc(OCCC(=O)N2CCC(C)C(O)C2)cc1. The molecule has 1 fully saturated rings. The summed E-state index contributed by atoms with van der Waals surface area (Å²) in [4.78, 5) is 13.8. The Morgan fingerprint density at radius 2 is 2.10 bits per heavy atom. The molecule has 1 amide bonds. The normalized spacial score (nSPS) is 22.6. The van der Waals surface area contributed by atoms with Crippen molar-refractivity contribution in [3.8, 4) is 5.75 Å². The van der Waals surface area contributed by atoms with E-state index < -0.39 is 6.10 Å². The number of piperidine rings is 1. The van der Waals surface area contributed by atoms with Gasteiger partial charge in [-0.25, -0.2) is 0 Å². The molecule has 4 nitrogen and oxygen atoms in total. The highest BCUT2D eigenvalue weighted by atomic mass is 16.5. The first-order chi connectivity index (χ1) is 9.56. The van der Waals surface area contributed by atoms with E-state index in [1.807, 2.05) is 38.1 Å². The Hall–Kier alpha value is -1.55. The highest BCUT2D eigenvalue weighted by Gasteiger charge is 2.26. The zero-order valence-corrected chi connectivity index (χ0v) is 12.2. The first-order valence-corrected chi connectivity index (χ1v) is 7.21. The van der Waals surface area contributed by atoms with E-state index in [2.05, 4.69) is 0 Å². The van der Waals surface area contributed by atoms with Crippen LogP contribution >= 0.6 is 0 Å². The number of nitrogens with zero attached hydrogens (tertiary/aromatic N) is 1. The molecule has 1 aliphatic rings. The van der Waals surface area contributed by atoms with Crippen LogP contribution in [0.1, 0.15) is 25.3 Å². The number of aryl methyl sites for hydroxylation is 1. The first-order valence-electron chi connectivity index (χ1n) is 7.21. The molecule has 0 spiro atoms. The molecule has 0 bridgehead atoms. The van der Waals surface area contributed by atoms with Gasteiger partial charge in [0.2, 0.25) is 5.91 Å². The second-order valence-electron chi connectivity index (χ2n) is 5.58. The minimum absolute atomic E-state index is 0.0584. The van der Waals surface area contributed by atoms with Crippen LogP contribution in [0, 0.1) is 12.8 Å². The zero-order valence-electron chi connectivity index (χ0n) is 12.2. The van der Waals surface area contributed by atoms with E-state index in [0.717, 1.165) is 18.7 Å². The van der Waals surface area contributed by atoms with E-state index in [9.17, 15) is 9.90 Å². The summed E-state index contributed by atoms with van der Waals surface area (Å²) in [5.74, 6) is 1.13. The van der Waals surface area contributed by atoms with Gasteiger partial charge in [0.1, 0.15) is 5.75 Å². The molecule has 0 radical (unpaired) electrons. The number of aliphatic hydroxyl groups is 1. The van der Waals surface area contributed by atoms with Crippen LogP contribution in [0.3, 0.4) is 0 Å². The maximum atomic E-state index is 12.0. The number of likely N-dealkylation sites (tertiary alicyclic amines) is 1. The van der Waals surface area contributed by atoms with Gasteiger partial charge in [-0.15, -0.1) is 0 Å². The number of aliphatic hydroxyl groups excluding tert-OH is 1. The summed E-state index contributed by atoms with van der Waals surface area (Å²) in [5.41, 5.74) is 1.19. The monoisotopic (exact) mass is 277 g/mol. The molecule has 2 unspecified atom stereocenters. The molecule has 2 atom stereocenters. The number of hydrogen-bond donors (Lipinski definition) is 1. The summed E-state index contributed by atoms with van der Waals surface area (Å²) < 4.78 is 5.56. The van der Waals surface area contributed by atoms with Crippen molar-refractivity contribution in [2.75, 3.05) is 19.7 Å². The number of carbonyl (C=O) groups is 1. The number of benzene rings is 1. The van der Waals surface area contributed by atoms with Gasteiger partial charge in [0.05, 0.1) is 19.1 Å². The fourth-order valence-corrected chi connectivity index (χ4v) is 2.32.